The van der Waals surface area contributed by atoms with E-state index < -0.39 is 26.6 Å². The summed E-state index contributed by atoms with van der Waals surface area (Å²) in [5.41, 5.74) is 7.30. The zero-order chi connectivity index (χ0) is 18.0. The van der Waals surface area contributed by atoms with Crippen molar-refractivity contribution < 1.29 is 18.0 Å². The first-order valence-electron chi connectivity index (χ1n) is 7.29. The maximum Gasteiger partial charge on any atom is 0.238 e. The molecular weight excluding hydrogens is 330 g/mol. The number of carbonyl (C=O) groups is 1. The third-order valence-electron chi connectivity index (χ3n) is 4.02. The minimum absolute atomic E-state index is 0.0619. The molecule has 2 unspecified atom stereocenters. The molecule has 8 heteroatoms. The van der Waals surface area contributed by atoms with Gasteiger partial charge in [0.2, 0.25) is 5.91 Å². The molecule has 1 aromatic rings. The number of aromatic nitrogens is 1. The molecule has 1 aromatic heterocycles. The highest BCUT2D eigenvalue weighted by atomic mass is 32.2. The van der Waals surface area contributed by atoms with Gasteiger partial charge in [0, 0.05) is 30.9 Å². The molecule has 128 valence electrons. The first-order chi connectivity index (χ1) is 11.2. The van der Waals surface area contributed by atoms with Gasteiger partial charge in [-0.15, -0.1) is 5.92 Å². The number of hydrogen-bond acceptors (Lipinski definition) is 6. The number of sulfone groups is 1. The van der Waals surface area contributed by atoms with Gasteiger partial charge in [0.15, 0.2) is 14.6 Å². The van der Waals surface area contributed by atoms with Crippen molar-refractivity contribution in [3.63, 3.8) is 0 Å². The zero-order valence-electron chi connectivity index (χ0n) is 13.7. The van der Waals surface area contributed by atoms with E-state index in [-0.39, 0.29) is 6.42 Å². The fourth-order valence-corrected chi connectivity index (χ4v) is 3.20. The Hall–Kier alpha value is -2.40. The van der Waals surface area contributed by atoms with Crippen LogP contribution in [-0.2, 0) is 19.5 Å². The molecule has 24 heavy (non-hydrogen) atoms. The summed E-state index contributed by atoms with van der Waals surface area (Å²) in [5, 5.41) is 3.96. The summed E-state index contributed by atoms with van der Waals surface area (Å²) in [6.07, 6.45) is 2.36. The van der Waals surface area contributed by atoms with E-state index in [1.807, 2.05) is 6.07 Å². The summed E-state index contributed by atoms with van der Waals surface area (Å²) in [6.45, 7) is 3.05. The fraction of sp³-hybridized carbons (Fsp3) is 0.438. The second-order valence-electron chi connectivity index (χ2n) is 5.85. The molecule has 0 aromatic carbocycles. The number of hydrogen-bond donors (Lipinski definition) is 1. The highest BCUT2D eigenvalue weighted by Crippen LogP contribution is 2.28. The Bertz CT molecular complexity index is 834. The summed E-state index contributed by atoms with van der Waals surface area (Å²) in [4.78, 5) is 21.2. The van der Waals surface area contributed by atoms with E-state index >= 15 is 0 Å². The molecule has 1 aliphatic heterocycles. The topological polar surface area (TPSA) is 112 Å². The van der Waals surface area contributed by atoms with Crippen molar-refractivity contribution >= 4 is 21.5 Å². The lowest BCUT2D eigenvalue weighted by Crippen LogP contribution is -2.49. The second kappa shape index (κ2) is 6.61. The van der Waals surface area contributed by atoms with Gasteiger partial charge in [-0.05, 0) is 26.0 Å². The van der Waals surface area contributed by atoms with Crippen molar-refractivity contribution in [1.82, 2.24) is 4.98 Å². The fourth-order valence-electron chi connectivity index (χ4n) is 2.34. The number of pyridine rings is 1. The van der Waals surface area contributed by atoms with Crippen molar-refractivity contribution in [1.29, 1.82) is 0 Å². The van der Waals surface area contributed by atoms with Gasteiger partial charge in [0.05, 0.1) is 5.69 Å². The van der Waals surface area contributed by atoms with Crippen LogP contribution < -0.4 is 5.73 Å². The molecule has 0 saturated carbocycles. The van der Waals surface area contributed by atoms with Crippen molar-refractivity contribution in [2.24, 2.45) is 10.9 Å². The second-order valence-corrected chi connectivity index (χ2v) is 8.29. The molecule has 2 rings (SSSR count). The van der Waals surface area contributed by atoms with Gasteiger partial charge in [-0.2, -0.15) is 0 Å². The molecule has 0 radical (unpaired) electrons. The van der Waals surface area contributed by atoms with Crippen LogP contribution in [0, 0.1) is 11.8 Å². The minimum Gasteiger partial charge on any atom is -0.392 e. The third-order valence-corrected chi connectivity index (χ3v) is 6.02. The predicted octanol–water partition coefficient (Wildman–Crippen LogP) is 0.625. The highest BCUT2D eigenvalue weighted by molar-refractivity contribution is 7.92. The normalized spacial score (nSPS) is 19.5. The van der Waals surface area contributed by atoms with Gasteiger partial charge in [-0.25, -0.2) is 8.42 Å². The van der Waals surface area contributed by atoms with Gasteiger partial charge in [0.1, 0.15) is 11.8 Å². The Labute approximate surface area is 141 Å². The Morgan fingerprint density at radius 1 is 1.50 bits per heavy atom. The lowest BCUT2D eigenvalue weighted by molar-refractivity contribution is -0.121. The smallest absolute Gasteiger partial charge is 0.238 e. The van der Waals surface area contributed by atoms with Crippen LogP contribution in [0.15, 0.2) is 23.5 Å². The van der Waals surface area contributed by atoms with Crippen LogP contribution in [0.3, 0.4) is 0 Å². The Morgan fingerprint density at radius 2 is 2.21 bits per heavy atom. The number of carbonyl (C=O) groups excluding carboxylic acids is 1. The summed E-state index contributed by atoms with van der Waals surface area (Å²) < 4.78 is 22.1. The third kappa shape index (κ3) is 3.57. The average Bonchev–Trinajstić information content (AvgIpc) is 2.95. The maximum absolute atomic E-state index is 11.9. The summed E-state index contributed by atoms with van der Waals surface area (Å²) in [7, 11) is -3.68. The van der Waals surface area contributed by atoms with Crippen LogP contribution in [0.1, 0.15) is 37.9 Å². The standard InChI is InChI=1S/C16H19N3O4S/c1-4-5-11-6-7-13(18-10-11)14-8-12(23-19-14)9-16(2,15(17)20)24(3,21)22/h6-7,10,12H,8-9H2,1-3H3,(H2,17,20). The lowest BCUT2D eigenvalue weighted by atomic mass is 9.98. The number of nitrogens with zero attached hydrogens (tertiary/aromatic N) is 2. The first-order valence-corrected chi connectivity index (χ1v) is 9.18. The van der Waals surface area contributed by atoms with Crippen LogP contribution >= 0.6 is 0 Å². The molecule has 0 saturated heterocycles. The number of amides is 1. The minimum atomic E-state index is -3.68. The number of primary amides is 1. The van der Waals surface area contributed by atoms with E-state index in [1.165, 1.54) is 6.92 Å². The van der Waals surface area contributed by atoms with E-state index in [4.69, 9.17) is 10.6 Å². The van der Waals surface area contributed by atoms with Gasteiger partial charge in [0.25, 0.3) is 0 Å². The van der Waals surface area contributed by atoms with Gasteiger partial charge in [-0.1, -0.05) is 11.1 Å². The van der Waals surface area contributed by atoms with Crippen LogP contribution in [0.4, 0.5) is 0 Å². The van der Waals surface area contributed by atoms with Crippen molar-refractivity contribution in [2.75, 3.05) is 6.26 Å². The number of nitrogens with two attached hydrogens (primary N) is 1. The van der Waals surface area contributed by atoms with Crippen molar-refractivity contribution in [3.8, 4) is 11.8 Å². The Kier molecular flexibility index (Phi) is 4.94. The van der Waals surface area contributed by atoms with E-state index in [0.29, 0.717) is 17.8 Å². The average molecular weight is 349 g/mol. The molecule has 0 spiro atoms. The molecular formula is C16H19N3O4S. The molecule has 0 fully saturated rings. The molecule has 2 heterocycles. The van der Waals surface area contributed by atoms with Crippen LogP contribution in [0.2, 0.25) is 0 Å². The number of oxime groups is 1. The van der Waals surface area contributed by atoms with Crippen molar-refractivity contribution in [2.45, 2.75) is 37.5 Å². The molecule has 2 atom stereocenters. The summed E-state index contributed by atoms with van der Waals surface area (Å²) >= 11 is 0. The predicted molar refractivity (Wildman–Crippen MR) is 89.9 cm³/mol. The van der Waals surface area contributed by atoms with E-state index in [9.17, 15) is 13.2 Å². The summed E-state index contributed by atoms with van der Waals surface area (Å²) in [5.74, 6) is 4.78. The van der Waals surface area contributed by atoms with Crippen molar-refractivity contribution in [3.05, 3.63) is 29.6 Å². The molecule has 7 nitrogen and oxygen atoms in total. The van der Waals surface area contributed by atoms with Gasteiger partial charge >= 0.3 is 0 Å². The Morgan fingerprint density at radius 3 is 2.71 bits per heavy atom. The van der Waals surface area contributed by atoms with Gasteiger partial charge < -0.3 is 10.6 Å². The molecule has 1 aliphatic rings. The maximum atomic E-state index is 11.9. The largest absolute Gasteiger partial charge is 0.392 e. The molecule has 2 N–H and O–H groups in total. The van der Waals surface area contributed by atoms with Crippen LogP contribution in [0.25, 0.3) is 0 Å². The molecule has 0 aliphatic carbocycles. The lowest BCUT2D eigenvalue weighted by Gasteiger charge is -2.25. The number of rotatable bonds is 5. The first kappa shape index (κ1) is 17.9. The highest BCUT2D eigenvalue weighted by Gasteiger charge is 2.45. The Balaban J connectivity index is 2.11. The molecule has 1 amide bonds. The van der Waals surface area contributed by atoms with Crippen LogP contribution in [0.5, 0.6) is 0 Å². The van der Waals surface area contributed by atoms with E-state index in [1.54, 1.807) is 19.2 Å². The zero-order valence-corrected chi connectivity index (χ0v) is 14.6. The summed E-state index contributed by atoms with van der Waals surface area (Å²) in [6, 6.07) is 3.59. The SMILES string of the molecule is CC#Cc1ccc(C2=NOC(CC(C)(C(N)=O)S(C)(=O)=O)C2)nc1. The van der Waals surface area contributed by atoms with Crippen LogP contribution in [-0.4, -0.2) is 42.1 Å². The van der Waals surface area contributed by atoms with E-state index in [0.717, 1.165) is 11.8 Å². The van der Waals surface area contributed by atoms with Gasteiger partial charge in [-0.3, -0.25) is 9.78 Å². The monoisotopic (exact) mass is 349 g/mol. The quantitative estimate of drug-likeness (QED) is 0.783. The molecule has 0 bridgehead atoms. The van der Waals surface area contributed by atoms with E-state index in [2.05, 4.69) is 22.0 Å².